The molecule has 0 aliphatic heterocycles. The predicted molar refractivity (Wildman–Crippen MR) is 98.8 cm³/mol. The summed E-state index contributed by atoms with van der Waals surface area (Å²) >= 11 is 0. The monoisotopic (exact) mass is 365 g/mol. The van der Waals surface area contributed by atoms with Crippen LogP contribution in [0.25, 0.3) is 22.7 Å². The summed E-state index contributed by atoms with van der Waals surface area (Å²) in [5.41, 5.74) is 7.31. The van der Waals surface area contributed by atoms with Gasteiger partial charge in [-0.1, -0.05) is 0 Å². The predicted octanol–water partition coefficient (Wildman–Crippen LogP) is 1.80. The van der Waals surface area contributed by atoms with Gasteiger partial charge in [-0.05, 0) is 26.0 Å². The molecule has 0 unspecified atom stereocenters. The first-order valence-corrected chi connectivity index (χ1v) is 8.37. The van der Waals surface area contributed by atoms with E-state index in [1.165, 1.54) is 4.80 Å². The van der Waals surface area contributed by atoms with E-state index in [0.29, 0.717) is 35.2 Å². The number of aromatic nitrogens is 6. The lowest BCUT2D eigenvalue weighted by atomic mass is 10.1. The number of benzene rings is 1. The second-order valence-electron chi connectivity index (χ2n) is 6.90. The van der Waals surface area contributed by atoms with Crippen LogP contribution in [-0.4, -0.2) is 46.6 Å². The third-order valence-corrected chi connectivity index (χ3v) is 3.80. The number of hydrogen-bond donors (Lipinski definition) is 2. The maximum absolute atomic E-state index is 10.4. The van der Waals surface area contributed by atoms with Crippen molar-refractivity contribution in [2.75, 3.05) is 6.61 Å². The van der Waals surface area contributed by atoms with Gasteiger partial charge in [0.1, 0.15) is 12.4 Å². The molecule has 4 rings (SSSR count). The van der Waals surface area contributed by atoms with Crippen molar-refractivity contribution in [2.45, 2.75) is 19.4 Å². The number of aromatic hydroxyl groups is 1. The molecule has 0 fully saturated rings. The lowest BCUT2D eigenvalue weighted by Gasteiger charge is -2.18. The Balaban J connectivity index is 1.64. The van der Waals surface area contributed by atoms with Crippen LogP contribution in [0.2, 0.25) is 0 Å². The number of nitrogens with zero attached hydrogens (tertiary/aromatic N) is 6. The van der Waals surface area contributed by atoms with Gasteiger partial charge in [0.25, 0.3) is 0 Å². The smallest absolute Gasteiger partial charge is 0.237 e. The molecular weight excluding hydrogens is 346 g/mol. The summed E-state index contributed by atoms with van der Waals surface area (Å²) in [5.74, 6) is 0.992. The van der Waals surface area contributed by atoms with Gasteiger partial charge in [-0.2, -0.15) is 20.0 Å². The van der Waals surface area contributed by atoms with Crippen LogP contribution in [0, 0.1) is 0 Å². The van der Waals surface area contributed by atoms with Crippen molar-refractivity contribution in [1.29, 1.82) is 0 Å². The minimum Gasteiger partial charge on any atom is -0.507 e. The van der Waals surface area contributed by atoms with Gasteiger partial charge >= 0.3 is 0 Å². The Morgan fingerprint density at radius 1 is 1.15 bits per heavy atom. The fourth-order valence-electron chi connectivity index (χ4n) is 2.54. The van der Waals surface area contributed by atoms with E-state index in [4.69, 9.17) is 10.5 Å². The third kappa shape index (κ3) is 3.58. The normalized spacial score (nSPS) is 11.8. The Kier molecular flexibility index (Phi) is 4.00. The van der Waals surface area contributed by atoms with Gasteiger partial charge in [-0.3, -0.25) is 4.40 Å². The van der Waals surface area contributed by atoms with Gasteiger partial charge in [0.05, 0.1) is 23.8 Å². The molecule has 0 bridgehead atoms. The number of ether oxygens (including phenoxy) is 1. The van der Waals surface area contributed by atoms with Crippen LogP contribution in [0.15, 0.2) is 49.1 Å². The van der Waals surface area contributed by atoms with E-state index in [2.05, 4.69) is 20.2 Å². The van der Waals surface area contributed by atoms with Gasteiger partial charge in [0.15, 0.2) is 0 Å². The second-order valence-corrected chi connectivity index (χ2v) is 6.90. The van der Waals surface area contributed by atoms with Crippen LogP contribution in [0.3, 0.4) is 0 Å². The van der Waals surface area contributed by atoms with Gasteiger partial charge in [0.2, 0.25) is 11.7 Å². The van der Waals surface area contributed by atoms with Crippen LogP contribution < -0.4 is 10.5 Å². The maximum atomic E-state index is 10.4. The molecule has 0 amide bonds. The van der Waals surface area contributed by atoms with Crippen molar-refractivity contribution < 1.29 is 9.84 Å². The number of rotatable bonds is 5. The van der Waals surface area contributed by atoms with Crippen molar-refractivity contribution in [3.05, 3.63) is 49.1 Å². The summed E-state index contributed by atoms with van der Waals surface area (Å²) in [6.45, 7) is 4.10. The Hall–Kier alpha value is -3.46. The molecule has 0 aliphatic rings. The summed E-state index contributed by atoms with van der Waals surface area (Å²) in [6.07, 6.45) is 6.74. The zero-order valence-corrected chi connectivity index (χ0v) is 14.9. The van der Waals surface area contributed by atoms with Gasteiger partial charge in [-0.15, -0.1) is 0 Å². The SMILES string of the molecule is CC(C)(N)COc1ccn2cc(-c3ccc(-n4nccn4)cc3O)nc2n1. The van der Waals surface area contributed by atoms with Crippen LogP contribution in [0.4, 0.5) is 0 Å². The number of imidazole rings is 1. The molecule has 0 radical (unpaired) electrons. The Bertz CT molecular complexity index is 1080. The highest BCUT2D eigenvalue weighted by Gasteiger charge is 2.14. The number of hydrogen-bond acceptors (Lipinski definition) is 7. The number of fused-ring (bicyclic) bond motifs is 1. The molecule has 0 atom stereocenters. The summed E-state index contributed by atoms with van der Waals surface area (Å²) in [6, 6.07) is 6.91. The molecule has 9 heteroatoms. The molecule has 3 N–H and O–H groups in total. The number of nitrogens with two attached hydrogens (primary N) is 1. The highest BCUT2D eigenvalue weighted by atomic mass is 16.5. The summed E-state index contributed by atoms with van der Waals surface area (Å²) < 4.78 is 7.38. The molecule has 1 aromatic carbocycles. The van der Waals surface area contributed by atoms with Crippen LogP contribution in [-0.2, 0) is 0 Å². The van der Waals surface area contributed by atoms with Gasteiger partial charge < -0.3 is 15.6 Å². The molecule has 3 aromatic heterocycles. The minimum absolute atomic E-state index is 0.0783. The molecule has 0 aliphatic carbocycles. The Labute approximate surface area is 155 Å². The molecule has 0 spiro atoms. The Morgan fingerprint density at radius 2 is 1.93 bits per heavy atom. The highest BCUT2D eigenvalue weighted by Crippen LogP contribution is 2.30. The van der Waals surface area contributed by atoms with Crippen LogP contribution in [0.5, 0.6) is 11.6 Å². The minimum atomic E-state index is -0.453. The zero-order valence-electron chi connectivity index (χ0n) is 14.9. The average Bonchev–Trinajstić information content (AvgIpc) is 3.28. The molecule has 0 saturated carbocycles. The van der Waals surface area contributed by atoms with Crippen molar-refractivity contribution in [3.8, 4) is 28.6 Å². The van der Waals surface area contributed by atoms with Crippen molar-refractivity contribution in [2.24, 2.45) is 5.73 Å². The van der Waals surface area contributed by atoms with E-state index in [0.717, 1.165) is 0 Å². The zero-order chi connectivity index (χ0) is 19.0. The molecule has 27 heavy (non-hydrogen) atoms. The van der Waals surface area contributed by atoms with Gasteiger partial charge in [-0.25, -0.2) is 4.98 Å². The quantitative estimate of drug-likeness (QED) is 0.554. The molecular formula is C18H19N7O2. The summed E-state index contributed by atoms with van der Waals surface area (Å²) in [4.78, 5) is 10.3. The highest BCUT2D eigenvalue weighted by molar-refractivity contribution is 5.69. The topological polar surface area (TPSA) is 116 Å². The van der Waals surface area contributed by atoms with Crippen LogP contribution >= 0.6 is 0 Å². The largest absolute Gasteiger partial charge is 0.507 e. The van der Waals surface area contributed by atoms with E-state index < -0.39 is 5.54 Å². The number of phenols is 1. The lowest BCUT2D eigenvalue weighted by Crippen LogP contribution is -2.38. The average molecular weight is 365 g/mol. The summed E-state index contributed by atoms with van der Waals surface area (Å²) in [5, 5.41) is 18.5. The second kappa shape index (κ2) is 6.36. The van der Waals surface area contributed by atoms with Crippen molar-refractivity contribution >= 4 is 5.78 Å². The molecule has 4 aromatic rings. The first-order chi connectivity index (χ1) is 12.9. The third-order valence-electron chi connectivity index (χ3n) is 3.80. The van der Waals surface area contributed by atoms with Gasteiger partial charge in [0, 0.05) is 35.6 Å². The fourth-order valence-corrected chi connectivity index (χ4v) is 2.54. The Morgan fingerprint density at radius 3 is 2.63 bits per heavy atom. The number of phenolic OH excluding ortho intramolecular Hbond substituents is 1. The first kappa shape index (κ1) is 17.0. The summed E-state index contributed by atoms with van der Waals surface area (Å²) in [7, 11) is 0. The van der Waals surface area contributed by atoms with E-state index in [1.807, 2.05) is 19.9 Å². The maximum Gasteiger partial charge on any atom is 0.237 e. The van der Waals surface area contributed by atoms with Crippen LogP contribution in [0.1, 0.15) is 13.8 Å². The molecule has 138 valence electrons. The standard InChI is InChI=1S/C18H19N7O2/c1-18(2,19)11-27-16-5-8-24-10-14(22-17(24)23-16)13-4-3-12(9-15(13)26)25-20-6-7-21-25/h3-10,26H,11,19H2,1-2H3. The molecule has 3 heterocycles. The first-order valence-electron chi connectivity index (χ1n) is 8.37. The molecule has 0 saturated heterocycles. The fraction of sp³-hybridized carbons (Fsp3) is 0.222. The van der Waals surface area contributed by atoms with E-state index in [1.54, 1.807) is 47.4 Å². The van der Waals surface area contributed by atoms with E-state index in [-0.39, 0.29) is 5.75 Å². The molecule has 9 nitrogen and oxygen atoms in total. The van der Waals surface area contributed by atoms with E-state index >= 15 is 0 Å². The lowest BCUT2D eigenvalue weighted by molar-refractivity contribution is 0.235. The van der Waals surface area contributed by atoms with E-state index in [9.17, 15) is 5.11 Å². The van der Waals surface area contributed by atoms with Crippen molar-refractivity contribution in [3.63, 3.8) is 0 Å². The van der Waals surface area contributed by atoms with Crippen molar-refractivity contribution in [1.82, 2.24) is 29.4 Å².